The summed E-state index contributed by atoms with van der Waals surface area (Å²) in [6, 6.07) is 0. The van der Waals surface area contributed by atoms with E-state index in [2.05, 4.69) is 0 Å². The SMILES string of the molecule is CC.CN(C)/C=C\C=C/C=O. The monoisotopic (exact) mass is 155 g/mol. The molecule has 0 aromatic carbocycles. The summed E-state index contributed by atoms with van der Waals surface area (Å²) in [5, 5.41) is 0. The fourth-order valence-electron chi connectivity index (χ4n) is 0.331. The molecular formula is C9H17NO. The average molecular weight is 155 g/mol. The first-order chi connectivity index (χ1) is 5.27. The van der Waals surface area contributed by atoms with Gasteiger partial charge in [0.2, 0.25) is 0 Å². The van der Waals surface area contributed by atoms with E-state index in [0.717, 1.165) is 6.29 Å². The van der Waals surface area contributed by atoms with Gasteiger partial charge in [0, 0.05) is 14.1 Å². The van der Waals surface area contributed by atoms with Gasteiger partial charge in [-0.05, 0) is 18.4 Å². The molecule has 0 aromatic rings. The molecule has 0 spiro atoms. The van der Waals surface area contributed by atoms with Gasteiger partial charge < -0.3 is 4.90 Å². The van der Waals surface area contributed by atoms with Crippen molar-refractivity contribution in [3.63, 3.8) is 0 Å². The zero-order chi connectivity index (χ0) is 9.11. The third-order valence-corrected chi connectivity index (χ3v) is 0.685. The lowest BCUT2D eigenvalue weighted by molar-refractivity contribution is -0.104. The highest BCUT2D eigenvalue weighted by Crippen LogP contribution is 1.77. The molecule has 0 aliphatic heterocycles. The lowest BCUT2D eigenvalue weighted by atomic mass is 10.5. The predicted molar refractivity (Wildman–Crippen MR) is 49.4 cm³/mol. The Bertz CT molecular complexity index is 126. The summed E-state index contributed by atoms with van der Waals surface area (Å²) in [6.45, 7) is 4.00. The maximum Gasteiger partial charge on any atom is 0.142 e. The molecule has 0 saturated carbocycles. The zero-order valence-electron chi connectivity index (χ0n) is 7.74. The second-order valence-corrected chi connectivity index (χ2v) is 1.83. The molecule has 0 radical (unpaired) electrons. The zero-order valence-corrected chi connectivity index (χ0v) is 7.74. The van der Waals surface area contributed by atoms with E-state index in [4.69, 9.17) is 0 Å². The van der Waals surface area contributed by atoms with E-state index in [1.54, 1.807) is 12.2 Å². The van der Waals surface area contributed by atoms with Crippen molar-refractivity contribution in [3.8, 4) is 0 Å². The lowest BCUT2D eigenvalue weighted by Crippen LogP contribution is -1.99. The standard InChI is InChI=1S/C7H11NO.C2H6/c1-8(2)6-4-3-5-7-9;1-2/h3-7H,1-2H3;1-2H3/b5-3-,6-4-;. The van der Waals surface area contributed by atoms with Crippen LogP contribution in [0.15, 0.2) is 24.4 Å². The molecule has 0 aliphatic carbocycles. The molecule has 0 fully saturated rings. The van der Waals surface area contributed by atoms with Crippen LogP contribution in [0.5, 0.6) is 0 Å². The number of hydrogen-bond donors (Lipinski definition) is 0. The number of allylic oxidation sites excluding steroid dienone is 3. The molecular weight excluding hydrogens is 138 g/mol. The minimum absolute atomic E-state index is 0.750. The molecule has 0 saturated heterocycles. The molecule has 0 amide bonds. The summed E-state index contributed by atoms with van der Waals surface area (Å²) in [4.78, 5) is 11.6. The molecule has 0 bridgehead atoms. The highest BCUT2D eigenvalue weighted by Gasteiger charge is 1.69. The third kappa shape index (κ3) is 17.6. The Kier molecular flexibility index (Phi) is 13.4. The van der Waals surface area contributed by atoms with Crippen molar-refractivity contribution in [3.05, 3.63) is 24.4 Å². The van der Waals surface area contributed by atoms with Crippen molar-refractivity contribution >= 4 is 6.29 Å². The van der Waals surface area contributed by atoms with Crippen LogP contribution in [0, 0.1) is 0 Å². The summed E-state index contributed by atoms with van der Waals surface area (Å²) >= 11 is 0. The minimum atomic E-state index is 0.750. The molecule has 0 atom stereocenters. The van der Waals surface area contributed by atoms with Crippen LogP contribution in [0.3, 0.4) is 0 Å². The first kappa shape index (κ1) is 12.6. The van der Waals surface area contributed by atoms with Gasteiger partial charge in [-0.15, -0.1) is 0 Å². The molecule has 0 aromatic heterocycles. The maximum atomic E-state index is 9.72. The number of rotatable bonds is 3. The predicted octanol–water partition coefficient (Wildman–Crippen LogP) is 1.84. The van der Waals surface area contributed by atoms with Crippen molar-refractivity contribution in [2.45, 2.75) is 13.8 Å². The van der Waals surface area contributed by atoms with Gasteiger partial charge in [0.1, 0.15) is 6.29 Å². The van der Waals surface area contributed by atoms with Gasteiger partial charge >= 0.3 is 0 Å². The van der Waals surface area contributed by atoms with Crippen LogP contribution in [0.2, 0.25) is 0 Å². The molecule has 0 aliphatic rings. The van der Waals surface area contributed by atoms with E-state index in [0.29, 0.717) is 0 Å². The summed E-state index contributed by atoms with van der Waals surface area (Å²) in [5.74, 6) is 0. The van der Waals surface area contributed by atoms with E-state index in [-0.39, 0.29) is 0 Å². The molecule has 0 unspecified atom stereocenters. The number of hydrogen-bond acceptors (Lipinski definition) is 2. The Morgan fingerprint density at radius 2 is 1.55 bits per heavy atom. The Labute approximate surface area is 69.2 Å². The molecule has 0 N–H and O–H groups in total. The van der Waals surface area contributed by atoms with Crippen LogP contribution < -0.4 is 0 Å². The van der Waals surface area contributed by atoms with E-state index >= 15 is 0 Å². The van der Waals surface area contributed by atoms with Crippen molar-refractivity contribution < 1.29 is 4.79 Å². The molecule has 64 valence electrons. The van der Waals surface area contributed by atoms with Crippen molar-refractivity contribution in [2.75, 3.05) is 14.1 Å². The maximum absolute atomic E-state index is 9.72. The smallest absolute Gasteiger partial charge is 0.142 e. The quantitative estimate of drug-likeness (QED) is 0.352. The van der Waals surface area contributed by atoms with E-state index in [1.807, 2.05) is 39.0 Å². The highest BCUT2D eigenvalue weighted by atomic mass is 16.1. The van der Waals surface area contributed by atoms with Crippen molar-refractivity contribution in [2.24, 2.45) is 0 Å². The van der Waals surface area contributed by atoms with Gasteiger partial charge in [-0.3, -0.25) is 4.79 Å². The number of carbonyl (C=O) groups is 1. The van der Waals surface area contributed by atoms with Gasteiger partial charge in [-0.25, -0.2) is 0 Å². The molecule has 2 heteroatoms. The average Bonchev–Trinajstić information content (AvgIpc) is 2.02. The largest absolute Gasteiger partial charge is 0.383 e. The van der Waals surface area contributed by atoms with Gasteiger partial charge in [-0.1, -0.05) is 19.9 Å². The Morgan fingerprint density at radius 3 is 1.91 bits per heavy atom. The third-order valence-electron chi connectivity index (χ3n) is 0.685. The summed E-state index contributed by atoms with van der Waals surface area (Å²) in [7, 11) is 3.84. The number of nitrogens with zero attached hydrogens (tertiary/aromatic N) is 1. The van der Waals surface area contributed by atoms with Crippen LogP contribution in [0.4, 0.5) is 0 Å². The van der Waals surface area contributed by atoms with Crippen LogP contribution in [0.1, 0.15) is 13.8 Å². The summed E-state index contributed by atoms with van der Waals surface area (Å²) in [5.41, 5.74) is 0. The first-order valence-electron chi connectivity index (χ1n) is 3.72. The lowest BCUT2D eigenvalue weighted by Gasteiger charge is -2.00. The second kappa shape index (κ2) is 11.7. The molecule has 0 rings (SSSR count). The van der Waals surface area contributed by atoms with Gasteiger partial charge in [0.25, 0.3) is 0 Å². The molecule has 11 heavy (non-hydrogen) atoms. The van der Waals surface area contributed by atoms with Crippen LogP contribution in [0.25, 0.3) is 0 Å². The van der Waals surface area contributed by atoms with E-state index in [9.17, 15) is 4.79 Å². The first-order valence-corrected chi connectivity index (χ1v) is 3.72. The normalized spacial score (nSPS) is 9.45. The van der Waals surface area contributed by atoms with E-state index < -0.39 is 0 Å². The van der Waals surface area contributed by atoms with Gasteiger partial charge in [0.05, 0.1) is 0 Å². The Hall–Kier alpha value is -1.05. The highest BCUT2D eigenvalue weighted by molar-refractivity contribution is 5.65. The van der Waals surface area contributed by atoms with Gasteiger partial charge in [-0.2, -0.15) is 0 Å². The Balaban J connectivity index is 0. The van der Waals surface area contributed by atoms with Crippen LogP contribution >= 0.6 is 0 Å². The summed E-state index contributed by atoms with van der Waals surface area (Å²) in [6.07, 6.45) is 7.54. The van der Waals surface area contributed by atoms with Crippen LogP contribution in [-0.4, -0.2) is 25.3 Å². The van der Waals surface area contributed by atoms with Crippen LogP contribution in [-0.2, 0) is 4.79 Å². The van der Waals surface area contributed by atoms with Crippen molar-refractivity contribution in [1.29, 1.82) is 0 Å². The topological polar surface area (TPSA) is 20.3 Å². The number of aldehydes is 1. The fraction of sp³-hybridized carbons (Fsp3) is 0.444. The van der Waals surface area contributed by atoms with Crippen molar-refractivity contribution in [1.82, 2.24) is 4.90 Å². The minimum Gasteiger partial charge on any atom is -0.383 e. The molecule has 2 nitrogen and oxygen atoms in total. The fourth-order valence-corrected chi connectivity index (χ4v) is 0.331. The van der Waals surface area contributed by atoms with Gasteiger partial charge in [0.15, 0.2) is 0 Å². The second-order valence-electron chi connectivity index (χ2n) is 1.83. The molecule has 0 heterocycles. The van der Waals surface area contributed by atoms with E-state index in [1.165, 1.54) is 6.08 Å². The number of carbonyl (C=O) groups excluding carboxylic acids is 1. The Morgan fingerprint density at radius 1 is 1.00 bits per heavy atom. The summed E-state index contributed by atoms with van der Waals surface area (Å²) < 4.78 is 0.